The molecule has 1 aliphatic heterocycles. The molecule has 1 heterocycles. The van der Waals surface area contributed by atoms with Crippen LogP contribution in [0, 0.1) is 0 Å². The average Bonchev–Trinajstić information content (AvgIpc) is 2.62. The van der Waals surface area contributed by atoms with E-state index in [1.54, 1.807) is 43.4 Å². The van der Waals surface area contributed by atoms with E-state index >= 15 is 0 Å². The van der Waals surface area contributed by atoms with Gasteiger partial charge in [-0.25, -0.2) is 0 Å². The van der Waals surface area contributed by atoms with Crippen LogP contribution in [-0.4, -0.2) is 24.7 Å². The van der Waals surface area contributed by atoms with Crippen LogP contribution in [0.1, 0.15) is 23.0 Å². The number of halogens is 1. The Labute approximate surface area is 146 Å². The van der Waals surface area contributed by atoms with Gasteiger partial charge in [0.15, 0.2) is 0 Å². The highest BCUT2D eigenvalue weighted by Gasteiger charge is 2.37. The highest BCUT2D eigenvalue weighted by molar-refractivity contribution is 5.85. The molecule has 0 radical (unpaired) electrons. The number of nitrogens with one attached hydrogen (secondary N) is 1. The first-order valence-corrected chi connectivity index (χ1v) is 7.35. The molecule has 0 aliphatic carbocycles. The number of hydrogen-bond acceptors (Lipinski definition) is 5. The van der Waals surface area contributed by atoms with Gasteiger partial charge in [0.2, 0.25) is 0 Å². The molecule has 0 spiro atoms. The molecule has 0 amide bonds. The SMILES string of the molecule is CNC[C@H]1c2cc(N)ccc2Oc2ccc(N)cc2[C@@H]1C(=O)O.Cl. The molecule has 6 nitrogen and oxygen atoms in total. The summed E-state index contributed by atoms with van der Waals surface area (Å²) < 4.78 is 5.97. The van der Waals surface area contributed by atoms with Crippen molar-refractivity contribution in [1.82, 2.24) is 5.32 Å². The van der Waals surface area contributed by atoms with Gasteiger partial charge in [-0.15, -0.1) is 12.4 Å². The number of nitrogen functional groups attached to an aromatic ring is 2. The summed E-state index contributed by atoms with van der Waals surface area (Å²) in [6, 6.07) is 10.4. The topological polar surface area (TPSA) is 111 Å². The van der Waals surface area contributed by atoms with E-state index < -0.39 is 11.9 Å². The molecule has 0 saturated carbocycles. The molecular formula is C17H20ClN3O3. The number of rotatable bonds is 3. The number of nitrogens with two attached hydrogens (primary N) is 2. The number of benzene rings is 2. The van der Waals surface area contributed by atoms with Crippen molar-refractivity contribution in [2.45, 2.75) is 11.8 Å². The lowest BCUT2D eigenvalue weighted by molar-refractivity contribution is -0.139. The Balaban J connectivity index is 0.00000208. The van der Waals surface area contributed by atoms with E-state index in [9.17, 15) is 9.90 Å². The molecule has 0 fully saturated rings. The number of likely N-dealkylation sites (N-methyl/N-ethyl adjacent to an activating group) is 1. The molecule has 1 aliphatic rings. The zero-order chi connectivity index (χ0) is 16.6. The van der Waals surface area contributed by atoms with E-state index in [-0.39, 0.29) is 18.3 Å². The lowest BCUT2D eigenvalue weighted by Gasteiger charge is -2.23. The Morgan fingerprint density at radius 1 is 1.12 bits per heavy atom. The second kappa shape index (κ2) is 6.98. The van der Waals surface area contributed by atoms with Crippen LogP contribution in [-0.2, 0) is 4.79 Å². The number of carbonyl (C=O) groups is 1. The molecule has 2 aromatic carbocycles. The second-order valence-corrected chi connectivity index (χ2v) is 5.68. The summed E-state index contributed by atoms with van der Waals surface area (Å²) in [5.41, 5.74) is 14.2. The highest BCUT2D eigenvalue weighted by Crippen LogP contribution is 2.47. The maximum Gasteiger partial charge on any atom is 0.311 e. The lowest BCUT2D eigenvalue weighted by Crippen LogP contribution is -2.27. The zero-order valence-electron chi connectivity index (χ0n) is 13.2. The molecule has 0 unspecified atom stereocenters. The van der Waals surface area contributed by atoms with Crippen molar-refractivity contribution in [2.75, 3.05) is 25.1 Å². The van der Waals surface area contributed by atoms with Crippen LogP contribution in [0.2, 0.25) is 0 Å². The normalized spacial score (nSPS) is 18.4. The number of anilines is 2. The predicted molar refractivity (Wildman–Crippen MR) is 96.1 cm³/mol. The van der Waals surface area contributed by atoms with Crippen molar-refractivity contribution >= 4 is 29.8 Å². The van der Waals surface area contributed by atoms with E-state index in [0.29, 0.717) is 35.0 Å². The van der Waals surface area contributed by atoms with Gasteiger partial charge in [0, 0.05) is 35.0 Å². The Hall–Kier alpha value is -2.44. The smallest absolute Gasteiger partial charge is 0.311 e. The van der Waals surface area contributed by atoms with E-state index in [2.05, 4.69) is 5.32 Å². The van der Waals surface area contributed by atoms with Gasteiger partial charge in [-0.3, -0.25) is 4.79 Å². The van der Waals surface area contributed by atoms with Crippen LogP contribution in [0.25, 0.3) is 0 Å². The van der Waals surface area contributed by atoms with Gasteiger partial charge in [0.25, 0.3) is 0 Å². The van der Waals surface area contributed by atoms with Crippen LogP contribution in [0.5, 0.6) is 11.5 Å². The molecule has 2 atom stereocenters. The minimum atomic E-state index is -0.920. The summed E-state index contributed by atoms with van der Waals surface area (Å²) in [7, 11) is 1.79. The molecule has 0 saturated heterocycles. The summed E-state index contributed by atoms with van der Waals surface area (Å²) in [5, 5.41) is 12.9. The Kier molecular flexibility index (Phi) is 5.21. The summed E-state index contributed by atoms with van der Waals surface area (Å²) in [6.07, 6.45) is 0. The van der Waals surface area contributed by atoms with E-state index in [4.69, 9.17) is 16.2 Å². The van der Waals surface area contributed by atoms with Gasteiger partial charge in [0.05, 0.1) is 5.92 Å². The summed E-state index contributed by atoms with van der Waals surface area (Å²) in [5.74, 6) is -0.885. The zero-order valence-corrected chi connectivity index (χ0v) is 14.0. The second-order valence-electron chi connectivity index (χ2n) is 5.68. The molecule has 0 aromatic heterocycles. The molecule has 6 N–H and O–H groups in total. The van der Waals surface area contributed by atoms with Crippen molar-refractivity contribution in [2.24, 2.45) is 0 Å². The Bertz CT molecular complexity index is 767. The van der Waals surface area contributed by atoms with Crippen LogP contribution < -0.4 is 21.5 Å². The third kappa shape index (κ3) is 3.11. The minimum Gasteiger partial charge on any atom is -0.481 e. The number of carboxylic acids is 1. The number of fused-ring (bicyclic) bond motifs is 2. The third-order valence-corrected chi connectivity index (χ3v) is 4.11. The first-order valence-electron chi connectivity index (χ1n) is 7.35. The molecule has 24 heavy (non-hydrogen) atoms. The first-order chi connectivity index (χ1) is 11.0. The van der Waals surface area contributed by atoms with Crippen molar-refractivity contribution in [1.29, 1.82) is 0 Å². The predicted octanol–water partition coefficient (Wildman–Crippen LogP) is 2.55. The maximum absolute atomic E-state index is 12.0. The van der Waals surface area contributed by atoms with E-state index in [1.807, 2.05) is 0 Å². The van der Waals surface area contributed by atoms with Crippen molar-refractivity contribution in [3.63, 3.8) is 0 Å². The van der Waals surface area contributed by atoms with Crippen LogP contribution >= 0.6 is 12.4 Å². The standard InChI is InChI=1S/C17H19N3O3.ClH/c1-20-8-13-11-6-9(18)2-4-14(11)23-15-5-3-10(19)7-12(15)16(13)17(21)22;/h2-7,13,16,20H,8,18-19H2,1H3,(H,21,22);1H/t13-,16-;/m0./s1. The van der Waals surface area contributed by atoms with Gasteiger partial charge >= 0.3 is 5.97 Å². The van der Waals surface area contributed by atoms with Gasteiger partial charge in [0.1, 0.15) is 11.5 Å². The number of carboxylic acid groups (broad SMARTS) is 1. The highest BCUT2D eigenvalue weighted by atomic mass is 35.5. The van der Waals surface area contributed by atoms with Crippen LogP contribution in [0.15, 0.2) is 36.4 Å². The van der Waals surface area contributed by atoms with Gasteiger partial charge in [-0.1, -0.05) is 0 Å². The van der Waals surface area contributed by atoms with Crippen LogP contribution in [0.3, 0.4) is 0 Å². The minimum absolute atomic E-state index is 0. The molecule has 7 heteroatoms. The number of aliphatic carboxylic acids is 1. The largest absolute Gasteiger partial charge is 0.481 e. The molecule has 3 rings (SSSR count). The van der Waals surface area contributed by atoms with Crippen LogP contribution in [0.4, 0.5) is 11.4 Å². The van der Waals surface area contributed by atoms with Gasteiger partial charge in [-0.05, 0) is 43.4 Å². The molecule has 0 bridgehead atoms. The summed E-state index contributed by atoms with van der Waals surface area (Å²) >= 11 is 0. The quantitative estimate of drug-likeness (QED) is 0.634. The Morgan fingerprint density at radius 3 is 2.21 bits per heavy atom. The number of hydrogen-bond donors (Lipinski definition) is 4. The van der Waals surface area contributed by atoms with Crippen molar-refractivity contribution < 1.29 is 14.6 Å². The Morgan fingerprint density at radius 2 is 1.67 bits per heavy atom. The maximum atomic E-state index is 12.0. The summed E-state index contributed by atoms with van der Waals surface area (Å²) in [4.78, 5) is 12.0. The molecule has 2 aromatic rings. The fourth-order valence-corrected chi connectivity index (χ4v) is 3.12. The number of ether oxygens (including phenoxy) is 1. The third-order valence-electron chi connectivity index (χ3n) is 4.11. The fraction of sp³-hybridized carbons (Fsp3) is 0.235. The summed E-state index contributed by atoms with van der Waals surface area (Å²) in [6.45, 7) is 0.477. The molecule has 128 valence electrons. The fourth-order valence-electron chi connectivity index (χ4n) is 3.12. The van der Waals surface area contributed by atoms with E-state index in [1.165, 1.54) is 0 Å². The van der Waals surface area contributed by atoms with Gasteiger partial charge in [-0.2, -0.15) is 0 Å². The van der Waals surface area contributed by atoms with Crippen molar-refractivity contribution in [3.8, 4) is 11.5 Å². The monoisotopic (exact) mass is 349 g/mol. The van der Waals surface area contributed by atoms with E-state index in [0.717, 1.165) is 5.56 Å². The van der Waals surface area contributed by atoms with Crippen molar-refractivity contribution in [3.05, 3.63) is 47.5 Å². The molecular weight excluding hydrogens is 330 g/mol. The average molecular weight is 350 g/mol. The lowest BCUT2D eigenvalue weighted by atomic mass is 9.81. The van der Waals surface area contributed by atoms with Gasteiger partial charge < -0.3 is 26.6 Å². The first kappa shape index (κ1) is 17.9.